The van der Waals surface area contributed by atoms with Crippen molar-refractivity contribution in [2.75, 3.05) is 35.9 Å². The van der Waals surface area contributed by atoms with Gasteiger partial charge in [-0.1, -0.05) is 31.2 Å². The van der Waals surface area contributed by atoms with Crippen molar-refractivity contribution < 1.29 is 22.7 Å². The molecule has 1 aliphatic carbocycles. The number of thiazole rings is 1. The van der Waals surface area contributed by atoms with Crippen molar-refractivity contribution in [1.29, 1.82) is 0 Å². The molecule has 1 saturated heterocycles. The van der Waals surface area contributed by atoms with Gasteiger partial charge in [-0.05, 0) is 35.9 Å². The number of amides is 1. The lowest BCUT2D eigenvalue weighted by molar-refractivity contribution is -0.139. The van der Waals surface area contributed by atoms with E-state index in [1.54, 1.807) is 34.6 Å². The van der Waals surface area contributed by atoms with Crippen molar-refractivity contribution in [1.82, 2.24) is 9.88 Å². The lowest BCUT2D eigenvalue weighted by Crippen LogP contribution is -2.58. The molecule has 2 heterocycles. The Hall–Kier alpha value is -3.28. The fourth-order valence-corrected chi connectivity index (χ4v) is 6.78. The summed E-state index contributed by atoms with van der Waals surface area (Å²) in [5.41, 5.74) is 2.14. The number of aromatic nitrogens is 1. The van der Waals surface area contributed by atoms with Crippen LogP contribution in [-0.4, -0.2) is 61.6 Å². The summed E-state index contributed by atoms with van der Waals surface area (Å²) < 4.78 is 41.8. The molecule has 2 N–H and O–H groups in total. The smallest absolute Gasteiger partial charge is 0.263 e. The summed E-state index contributed by atoms with van der Waals surface area (Å²) in [7, 11) is -3.75. The number of rotatable bonds is 7. The monoisotopic (exact) mass is 542 g/mol. The second-order valence-electron chi connectivity index (χ2n) is 9.17. The number of aliphatic hydroxyl groups excluding tert-OH is 1. The van der Waals surface area contributed by atoms with Crippen LogP contribution in [0.2, 0.25) is 0 Å². The second kappa shape index (κ2) is 10.2. The summed E-state index contributed by atoms with van der Waals surface area (Å²) >= 11 is 1.20. The van der Waals surface area contributed by atoms with Crippen LogP contribution >= 0.6 is 11.3 Å². The molecule has 1 aromatic heterocycles. The molecule has 8 nitrogen and oxygen atoms in total. The van der Waals surface area contributed by atoms with Gasteiger partial charge >= 0.3 is 0 Å². The number of fused-ring (bicyclic) bond motifs is 1. The molecular formula is C26H27FN4O4S2. The van der Waals surface area contributed by atoms with Crippen molar-refractivity contribution in [3.8, 4) is 0 Å². The summed E-state index contributed by atoms with van der Waals surface area (Å²) in [5.74, 6) is -1.01. The molecule has 11 heteroatoms. The van der Waals surface area contributed by atoms with E-state index >= 15 is 0 Å². The van der Waals surface area contributed by atoms with Crippen molar-refractivity contribution in [3.05, 3.63) is 77.1 Å². The number of nitrogens with zero attached hydrogens (tertiary/aromatic N) is 3. The molecular weight excluding hydrogens is 515 g/mol. The Morgan fingerprint density at radius 2 is 2.03 bits per heavy atom. The van der Waals surface area contributed by atoms with Crippen LogP contribution in [-0.2, 0) is 14.8 Å². The van der Waals surface area contributed by atoms with E-state index in [-0.39, 0.29) is 29.1 Å². The molecule has 0 radical (unpaired) electrons. The minimum absolute atomic E-state index is 0.0832. The molecule has 3 atom stereocenters. The standard InChI is InChI=1S/C26H27FN4O4S2/c1-17(21-9-10-23-22(21)3-2-4-24(23)27)25(33)31-13-12-30(15-19(31)16-32)18-5-7-20(8-6-18)37(34,35)29-26-28-11-14-36-26/h2-11,14,17,19,21,32H,12-13,15-16H2,1H3,(H,28,29)/t17-,19-,21?/m1/s1. The molecule has 0 saturated carbocycles. The lowest BCUT2D eigenvalue weighted by Gasteiger charge is -2.43. The summed E-state index contributed by atoms with van der Waals surface area (Å²) in [6, 6.07) is 11.0. The van der Waals surface area contributed by atoms with E-state index in [2.05, 4.69) is 9.71 Å². The number of carbonyl (C=O) groups excluding carboxylic acids is 1. The molecule has 1 amide bonds. The first-order chi connectivity index (χ1) is 17.8. The van der Waals surface area contributed by atoms with Crippen LogP contribution in [0.4, 0.5) is 15.2 Å². The number of piperazine rings is 1. The Balaban J connectivity index is 1.26. The Bertz CT molecular complexity index is 1410. The zero-order chi connectivity index (χ0) is 26.2. The molecule has 0 bridgehead atoms. The first kappa shape index (κ1) is 25.4. The number of aliphatic hydroxyl groups is 1. The predicted molar refractivity (Wildman–Crippen MR) is 142 cm³/mol. The van der Waals surface area contributed by atoms with Gasteiger partial charge in [-0.2, -0.15) is 0 Å². The van der Waals surface area contributed by atoms with E-state index in [0.29, 0.717) is 30.3 Å². The number of allylic oxidation sites excluding steroid dienone is 1. The van der Waals surface area contributed by atoms with Gasteiger partial charge in [0.05, 0.1) is 17.5 Å². The van der Waals surface area contributed by atoms with Crippen LogP contribution in [0, 0.1) is 11.7 Å². The van der Waals surface area contributed by atoms with Gasteiger partial charge in [-0.3, -0.25) is 9.52 Å². The topological polar surface area (TPSA) is 103 Å². The van der Waals surface area contributed by atoms with E-state index in [4.69, 9.17) is 0 Å². The number of anilines is 2. The van der Waals surface area contributed by atoms with Gasteiger partial charge in [-0.15, -0.1) is 11.3 Å². The van der Waals surface area contributed by atoms with E-state index in [9.17, 15) is 22.7 Å². The fourth-order valence-electron chi connectivity index (χ4n) is 4.99. The molecule has 194 valence electrons. The average molecular weight is 543 g/mol. The minimum atomic E-state index is -3.75. The van der Waals surface area contributed by atoms with Crippen LogP contribution in [0.3, 0.4) is 0 Å². The second-order valence-corrected chi connectivity index (χ2v) is 11.7. The largest absolute Gasteiger partial charge is 0.394 e. The lowest BCUT2D eigenvalue weighted by atomic mass is 9.87. The third kappa shape index (κ3) is 4.98. The van der Waals surface area contributed by atoms with E-state index in [1.165, 1.54) is 35.7 Å². The van der Waals surface area contributed by atoms with Crippen LogP contribution in [0.15, 0.2) is 65.0 Å². The molecule has 2 aliphatic rings. The summed E-state index contributed by atoms with van der Waals surface area (Å²) in [5, 5.41) is 12.1. The molecule has 3 aromatic rings. The molecule has 1 aliphatic heterocycles. The third-order valence-electron chi connectivity index (χ3n) is 6.99. The van der Waals surface area contributed by atoms with Gasteiger partial charge in [0.15, 0.2) is 5.13 Å². The zero-order valence-corrected chi connectivity index (χ0v) is 21.8. The molecule has 2 aromatic carbocycles. The van der Waals surface area contributed by atoms with Crippen molar-refractivity contribution in [2.24, 2.45) is 5.92 Å². The Morgan fingerprint density at radius 3 is 2.73 bits per heavy atom. The van der Waals surface area contributed by atoms with Gasteiger partial charge in [0.25, 0.3) is 10.0 Å². The van der Waals surface area contributed by atoms with Crippen LogP contribution < -0.4 is 9.62 Å². The molecule has 1 unspecified atom stereocenters. The number of hydrogen-bond donors (Lipinski definition) is 2. The first-order valence-corrected chi connectivity index (χ1v) is 14.3. The number of nitrogens with one attached hydrogen (secondary N) is 1. The van der Waals surface area contributed by atoms with Gasteiger partial charge < -0.3 is 14.9 Å². The molecule has 37 heavy (non-hydrogen) atoms. The fraction of sp³-hybridized carbons (Fsp3) is 0.308. The van der Waals surface area contributed by atoms with E-state index in [1.807, 2.05) is 24.0 Å². The van der Waals surface area contributed by atoms with Crippen molar-refractivity contribution >= 4 is 44.2 Å². The van der Waals surface area contributed by atoms with Gasteiger partial charge in [0, 0.05) is 54.3 Å². The number of hydrogen-bond acceptors (Lipinski definition) is 7. The zero-order valence-electron chi connectivity index (χ0n) is 20.1. The van der Waals surface area contributed by atoms with Crippen LogP contribution in [0.25, 0.3) is 6.08 Å². The number of sulfonamides is 1. The maximum atomic E-state index is 14.2. The average Bonchev–Trinajstić information content (AvgIpc) is 3.58. The Labute approximate surface area is 219 Å². The van der Waals surface area contributed by atoms with E-state index in [0.717, 1.165) is 11.3 Å². The number of carbonyl (C=O) groups is 1. The van der Waals surface area contributed by atoms with E-state index < -0.39 is 22.0 Å². The summed E-state index contributed by atoms with van der Waals surface area (Å²) in [6.45, 7) is 2.99. The molecule has 1 fully saturated rings. The maximum Gasteiger partial charge on any atom is 0.263 e. The van der Waals surface area contributed by atoms with Crippen molar-refractivity contribution in [3.63, 3.8) is 0 Å². The van der Waals surface area contributed by atoms with Gasteiger partial charge in [-0.25, -0.2) is 17.8 Å². The summed E-state index contributed by atoms with van der Waals surface area (Å²) in [4.78, 5) is 21.3. The highest BCUT2D eigenvalue weighted by Gasteiger charge is 2.36. The van der Waals surface area contributed by atoms with Crippen molar-refractivity contribution in [2.45, 2.75) is 23.8 Å². The van der Waals surface area contributed by atoms with Crippen LogP contribution in [0.1, 0.15) is 24.0 Å². The highest BCUT2D eigenvalue weighted by molar-refractivity contribution is 7.93. The maximum absolute atomic E-state index is 14.2. The third-order valence-corrected chi connectivity index (χ3v) is 9.16. The highest BCUT2D eigenvalue weighted by atomic mass is 32.2. The quantitative estimate of drug-likeness (QED) is 0.474. The SMILES string of the molecule is C[C@@H](C(=O)N1CCN(c2ccc(S(=O)(=O)Nc3nccs3)cc2)C[C@@H]1CO)C1C=Cc2c(F)cccc21. The molecule has 0 spiro atoms. The number of benzene rings is 2. The minimum Gasteiger partial charge on any atom is -0.394 e. The molecule has 5 rings (SSSR count). The van der Waals surface area contributed by atoms with Crippen LogP contribution in [0.5, 0.6) is 0 Å². The highest BCUT2D eigenvalue weighted by Crippen LogP contribution is 2.38. The first-order valence-electron chi connectivity index (χ1n) is 11.9. The Kier molecular flexibility index (Phi) is 7.02. The summed E-state index contributed by atoms with van der Waals surface area (Å²) in [6.07, 6.45) is 5.13. The number of halogens is 1. The van der Waals surface area contributed by atoms with Gasteiger partial charge in [0.2, 0.25) is 5.91 Å². The normalized spacial score (nSPS) is 20.1. The predicted octanol–water partition coefficient (Wildman–Crippen LogP) is 3.54. The Morgan fingerprint density at radius 1 is 1.24 bits per heavy atom. The van der Waals surface area contributed by atoms with Gasteiger partial charge in [0.1, 0.15) is 5.82 Å².